The molecule has 0 aliphatic heterocycles. The van der Waals surface area contributed by atoms with Crippen molar-refractivity contribution in [3.05, 3.63) is 30.9 Å². The van der Waals surface area contributed by atoms with Gasteiger partial charge in [0.05, 0.1) is 11.0 Å². The summed E-state index contributed by atoms with van der Waals surface area (Å²) in [5, 5.41) is 3.08. The summed E-state index contributed by atoms with van der Waals surface area (Å²) in [6.07, 6.45) is 1.78. The van der Waals surface area contributed by atoms with Crippen LogP contribution < -0.4 is 11.1 Å². The van der Waals surface area contributed by atoms with Gasteiger partial charge in [-0.15, -0.1) is 6.58 Å². The number of rotatable bonds is 3. The molecule has 0 aliphatic rings. The maximum absolute atomic E-state index is 5.65. The SMILES string of the molecule is C=CCNc1nc2ccc(N)cc2[nH]1. The first kappa shape index (κ1) is 8.62. The first-order valence-electron chi connectivity index (χ1n) is 4.39. The van der Waals surface area contributed by atoms with Gasteiger partial charge in [0.25, 0.3) is 0 Å². The molecule has 0 fully saturated rings. The highest BCUT2D eigenvalue weighted by atomic mass is 15.1. The van der Waals surface area contributed by atoms with Crippen LogP contribution in [0.3, 0.4) is 0 Å². The summed E-state index contributed by atoms with van der Waals surface area (Å²) in [7, 11) is 0. The molecule has 4 N–H and O–H groups in total. The van der Waals surface area contributed by atoms with Gasteiger partial charge in [-0.05, 0) is 18.2 Å². The first-order valence-corrected chi connectivity index (χ1v) is 4.39. The van der Waals surface area contributed by atoms with Gasteiger partial charge < -0.3 is 16.0 Å². The summed E-state index contributed by atoms with van der Waals surface area (Å²) in [6.45, 7) is 4.31. The molecule has 0 saturated heterocycles. The first-order chi connectivity index (χ1) is 6.79. The lowest BCUT2D eigenvalue weighted by atomic mass is 10.3. The Balaban J connectivity index is 2.36. The van der Waals surface area contributed by atoms with Crippen LogP contribution in [-0.4, -0.2) is 16.5 Å². The maximum Gasteiger partial charge on any atom is 0.201 e. The zero-order chi connectivity index (χ0) is 9.97. The highest BCUT2D eigenvalue weighted by Gasteiger charge is 2.00. The number of nitrogens with zero attached hydrogens (tertiary/aromatic N) is 1. The number of hydrogen-bond donors (Lipinski definition) is 3. The second-order valence-electron chi connectivity index (χ2n) is 3.03. The number of nitrogens with one attached hydrogen (secondary N) is 2. The summed E-state index contributed by atoms with van der Waals surface area (Å²) in [4.78, 5) is 7.44. The van der Waals surface area contributed by atoms with E-state index in [-0.39, 0.29) is 0 Å². The highest BCUT2D eigenvalue weighted by Crippen LogP contribution is 2.16. The standard InChI is InChI=1S/C10H12N4/c1-2-5-12-10-13-8-4-3-7(11)6-9(8)14-10/h2-4,6H,1,5,11H2,(H2,12,13,14). The van der Waals surface area contributed by atoms with E-state index in [1.165, 1.54) is 0 Å². The van der Waals surface area contributed by atoms with Gasteiger partial charge in [0.15, 0.2) is 0 Å². The molecule has 2 rings (SSSR count). The number of nitrogen functional groups attached to an aromatic ring is 1. The molecular formula is C10H12N4. The number of aromatic nitrogens is 2. The summed E-state index contributed by atoms with van der Waals surface area (Å²) in [6, 6.07) is 5.59. The molecule has 0 amide bonds. The molecule has 0 unspecified atom stereocenters. The number of aromatic amines is 1. The van der Waals surface area contributed by atoms with Crippen LogP contribution in [0.1, 0.15) is 0 Å². The van der Waals surface area contributed by atoms with Gasteiger partial charge in [-0.3, -0.25) is 0 Å². The number of benzene rings is 1. The third-order valence-electron chi connectivity index (χ3n) is 1.92. The van der Waals surface area contributed by atoms with Crippen molar-refractivity contribution in [2.45, 2.75) is 0 Å². The van der Waals surface area contributed by atoms with Crippen LogP contribution in [0.2, 0.25) is 0 Å². The van der Waals surface area contributed by atoms with Gasteiger partial charge in [0.2, 0.25) is 5.95 Å². The molecule has 1 heterocycles. The predicted octanol–water partition coefficient (Wildman–Crippen LogP) is 1.74. The molecule has 0 saturated carbocycles. The minimum absolute atomic E-state index is 0.690. The quantitative estimate of drug-likeness (QED) is 0.507. The van der Waals surface area contributed by atoms with Crippen molar-refractivity contribution >= 4 is 22.7 Å². The average molecular weight is 188 g/mol. The molecule has 4 heteroatoms. The summed E-state index contributed by atoms with van der Waals surface area (Å²) in [5.41, 5.74) is 8.23. The smallest absolute Gasteiger partial charge is 0.201 e. The third kappa shape index (κ3) is 1.54. The minimum Gasteiger partial charge on any atom is -0.399 e. The van der Waals surface area contributed by atoms with E-state index < -0.39 is 0 Å². The zero-order valence-electron chi connectivity index (χ0n) is 7.75. The number of imidazole rings is 1. The molecule has 2 aromatic rings. The average Bonchev–Trinajstić information content (AvgIpc) is 2.56. The molecule has 0 bridgehead atoms. The van der Waals surface area contributed by atoms with Gasteiger partial charge in [0, 0.05) is 12.2 Å². The van der Waals surface area contributed by atoms with Crippen molar-refractivity contribution in [1.29, 1.82) is 0 Å². The Hall–Kier alpha value is -1.97. The molecular weight excluding hydrogens is 176 g/mol. The number of hydrogen-bond acceptors (Lipinski definition) is 3. The van der Waals surface area contributed by atoms with E-state index in [2.05, 4.69) is 21.9 Å². The Morgan fingerprint density at radius 3 is 3.21 bits per heavy atom. The molecule has 1 aromatic heterocycles. The van der Waals surface area contributed by atoms with Crippen molar-refractivity contribution in [2.75, 3.05) is 17.6 Å². The largest absolute Gasteiger partial charge is 0.399 e. The highest BCUT2D eigenvalue weighted by molar-refractivity contribution is 5.80. The van der Waals surface area contributed by atoms with Crippen LogP contribution in [0, 0.1) is 0 Å². The van der Waals surface area contributed by atoms with E-state index in [1.807, 2.05) is 18.2 Å². The van der Waals surface area contributed by atoms with Gasteiger partial charge in [-0.1, -0.05) is 6.08 Å². The Bertz CT molecular complexity index is 458. The summed E-state index contributed by atoms with van der Waals surface area (Å²) < 4.78 is 0. The molecule has 0 spiro atoms. The Kier molecular flexibility index (Phi) is 2.10. The topological polar surface area (TPSA) is 66.7 Å². The zero-order valence-corrected chi connectivity index (χ0v) is 7.75. The number of H-pyrrole nitrogens is 1. The Morgan fingerprint density at radius 2 is 2.43 bits per heavy atom. The lowest BCUT2D eigenvalue weighted by Gasteiger charge is -1.94. The van der Waals surface area contributed by atoms with Crippen LogP contribution >= 0.6 is 0 Å². The summed E-state index contributed by atoms with van der Waals surface area (Å²) in [5.74, 6) is 0.741. The van der Waals surface area contributed by atoms with Gasteiger partial charge >= 0.3 is 0 Å². The van der Waals surface area contributed by atoms with Crippen molar-refractivity contribution in [2.24, 2.45) is 0 Å². The van der Waals surface area contributed by atoms with Crippen molar-refractivity contribution in [3.63, 3.8) is 0 Å². The van der Waals surface area contributed by atoms with E-state index in [0.29, 0.717) is 6.54 Å². The Morgan fingerprint density at radius 1 is 1.57 bits per heavy atom. The van der Waals surface area contributed by atoms with Crippen molar-refractivity contribution in [3.8, 4) is 0 Å². The molecule has 4 nitrogen and oxygen atoms in total. The maximum atomic E-state index is 5.65. The number of fused-ring (bicyclic) bond motifs is 1. The fourth-order valence-corrected chi connectivity index (χ4v) is 1.28. The fourth-order valence-electron chi connectivity index (χ4n) is 1.28. The molecule has 72 valence electrons. The third-order valence-corrected chi connectivity index (χ3v) is 1.92. The van der Waals surface area contributed by atoms with Crippen molar-refractivity contribution < 1.29 is 0 Å². The van der Waals surface area contributed by atoms with Gasteiger partial charge in [-0.25, -0.2) is 4.98 Å². The molecule has 0 aliphatic carbocycles. The molecule has 0 radical (unpaired) electrons. The lowest BCUT2D eigenvalue weighted by Crippen LogP contribution is -1.98. The van der Waals surface area contributed by atoms with E-state index in [9.17, 15) is 0 Å². The second kappa shape index (κ2) is 3.41. The monoisotopic (exact) mass is 188 g/mol. The van der Waals surface area contributed by atoms with Crippen LogP contribution in [0.4, 0.5) is 11.6 Å². The Labute approximate surface area is 81.8 Å². The van der Waals surface area contributed by atoms with Crippen LogP contribution in [0.25, 0.3) is 11.0 Å². The molecule has 0 atom stereocenters. The van der Waals surface area contributed by atoms with Crippen LogP contribution in [-0.2, 0) is 0 Å². The van der Waals surface area contributed by atoms with Gasteiger partial charge in [0.1, 0.15) is 0 Å². The molecule has 1 aromatic carbocycles. The van der Waals surface area contributed by atoms with Crippen LogP contribution in [0.5, 0.6) is 0 Å². The summed E-state index contributed by atoms with van der Waals surface area (Å²) >= 11 is 0. The molecule has 14 heavy (non-hydrogen) atoms. The number of anilines is 2. The van der Waals surface area contributed by atoms with E-state index in [0.717, 1.165) is 22.7 Å². The lowest BCUT2D eigenvalue weighted by molar-refractivity contribution is 1.22. The van der Waals surface area contributed by atoms with E-state index >= 15 is 0 Å². The van der Waals surface area contributed by atoms with E-state index in [4.69, 9.17) is 5.73 Å². The van der Waals surface area contributed by atoms with Crippen LogP contribution in [0.15, 0.2) is 30.9 Å². The number of nitrogens with two attached hydrogens (primary N) is 1. The van der Waals surface area contributed by atoms with E-state index in [1.54, 1.807) is 6.08 Å². The fraction of sp³-hybridized carbons (Fsp3) is 0.100. The normalized spacial score (nSPS) is 10.3. The predicted molar refractivity (Wildman–Crippen MR) is 59.2 cm³/mol. The minimum atomic E-state index is 0.690. The van der Waals surface area contributed by atoms with Crippen molar-refractivity contribution in [1.82, 2.24) is 9.97 Å². The second-order valence-corrected chi connectivity index (χ2v) is 3.03. The van der Waals surface area contributed by atoms with Gasteiger partial charge in [-0.2, -0.15) is 0 Å².